The normalized spacial score (nSPS) is 13.2. The smallest absolute Gasteiger partial charge is 0.405 e. The lowest BCUT2D eigenvalue weighted by Crippen LogP contribution is -2.29. The van der Waals surface area contributed by atoms with Gasteiger partial charge in [0.1, 0.15) is 5.75 Å². The van der Waals surface area contributed by atoms with Gasteiger partial charge in [-0.05, 0) is 18.2 Å². The fourth-order valence-electron chi connectivity index (χ4n) is 1.75. The highest BCUT2D eigenvalue weighted by molar-refractivity contribution is 7.16. The fraction of sp³-hybridized carbons (Fsp3) is 0.167. The summed E-state index contributed by atoms with van der Waals surface area (Å²) in [5.41, 5.74) is 2.76. The number of hydrogen-bond acceptors (Lipinski definition) is 4. The fourth-order valence-corrected chi connectivity index (χ4v) is 2.89. The van der Waals surface area contributed by atoms with E-state index >= 15 is 0 Å². The van der Waals surface area contributed by atoms with Crippen LogP contribution in [0.15, 0.2) is 36.4 Å². The largest absolute Gasteiger partial charge is 0.573 e. The second-order valence-corrected chi connectivity index (χ2v) is 5.57. The van der Waals surface area contributed by atoms with Crippen molar-refractivity contribution in [3.8, 4) is 5.75 Å². The molecule has 0 aliphatic carbocycles. The Bertz CT molecular complexity index is 588. The lowest BCUT2D eigenvalue weighted by Gasteiger charge is -2.19. The van der Waals surface area contributed by atoms with E-state index in [9.17, 15) is 13.2 Å². The van der Waals surface area contributed by atoms with E-state index in [1.165, 1.54) is 29.5 Å². The molecule has 8 heteroatoms. The molecule has 108 valence electrons. The highest BCUT2D eigenvalue weighted by Crippen LogP contribution is 2.36. The van der Waals surface area contributed by atoms with Gasteiger partial charge in [0.15, 0.2) is 0 Å². The highest BCUT2D eigenvalue weighted by atomic mass is 35.5. The minimum absolute atomic E-state index is 0.283. The molecule has 2 rings (SSSR count). The third-order valence-corrected chi connectivity index (χ3v) is 3.80. The molecule has 0 aliphatic rings. The summed E-state index contributed by atoms with van der Waals surface area (Å²) in [4.78, 5) is 0.690. The molecule has 1 unspecified atom stereocenters. The molecule has 3 nitrogen and oxygen atoms in total. The molecule has 1 atom stereocenters. The molecule has 0 spiro atoms. The first-order chi connectivity index (χ1) is 9.40. The maximum Gasteiger partial charge on any atom is 0.573 e. The number of hydrazine groups is 1. The predicted octanol–water partition coefficient (Wildman–Crippen LogP) is 3.85. The molecule has 1 aromatic heterocycles. The topological polar surface area (TPSA) is 47.3 Å². The number of nitrogens with one attached hydrogen (secondary N) is 1. The Labute approximate surface area is 122 Å². The molecule has 3 N–H and O–H groups in total. The molecular weight excluding hydrogens is 313 g/mol. The summed E-state index contributed by atoms with van der Waals surface area (Å²) >= 11 is 7.06. The van der Waals surface area contributed by atoms with Crippen LogP contribution in [0, 0.1) is 0 Å². The molecular formula is C12H10ClF3N2OS. The first-order valence-electron chi connectivity index (χ1n) is 5.47. The first kappa shape index (κ1) is 15.1. The van der Waals surface area contributed by atoms with E-state index in [-0.39, 0.29) is 11.3 Å². The summed E-state index contributed by atoms with van der Waals surface area (Å²) in [6.07, 6.45) is -4.76. The highest BCUT2D eigenvalue weighted by Gasteiger charge is 2.33. The van der Waals surface area contributed by atoms with E-state index in [1.54, 1.807) is 18.2 Å². The van der Waals surface area contributed by atoms with Gasteiger partial charge in [-0.2, -0.15) is 0 Å². The Kier molecular flexibility index (Phi) is 4.54. The second kappa shape index (κ2) is 6.01. The Morgan fingerprint density at radius 3 is 2.45 bits per heavy atom. The van der Waals surface area contributed by atoms with Crippen LogP contribution < -0.4 is 16.0 Å². The summed E-state index contributed by atoms with van der Waals surface area (Å²) < 4.78 is 41.8. The van der Waals surface area contributed by atoms with Gasteiger partial charge >= 0.3 is 6.36 Å². The Morgan fingerprint density at radius 1 is 1.20 bits per heavy atom. The summed E-state index contributed by atoms with van der Waals surface area (Å²) in [5.74, 6) is 5.16. The molecule has 0 aliphatic heterocycles. The van der Waals surface area contributed by atoms with Gasteiger partial charge in [-0.25, -0.2) is 5.43 Å². The number of para-hydroxylation sites is 1. The van der Waals surface area contributed by atoms with Crippen LogP contribution in [-0.4, -0.2) is 6.36 Å². The maximum atomic E-state index is 12.4. The average Bonchev–Trinajstić information content (AvgIpc) is 2.77. The number of benzene rings is 1. The maximum absolute atomic E-state index is 12.4. The number of thiophene rings is 1. The lowest BCUT2D eigenvalue weighted by atomic mass is 10.0. The number of alkyl halides is 3. The van der Waals surface area contributed by atoms with Gasteiger partial charge in [0, 0.05) is 10.4 Å². The van der Waals surface area contributed by atoms with Crippen LogP contribution in [0.2, 0.25) is 4.34 Å². The van der Waals surface area contributed by atoms with Crippen molar-refractivity contribution in [2.75, 3.05) is 0 Å². The Hall–Kier alpha value is -1.28. The van der Waals surface area contributed by atoms with E-state index in [0.29, 0.717) is 9.21 Å². The van der Waals surface area contributed by atoms with Crippen molar-refractivity contribution >= 4 is 22.9 Å². The van der Waals surface area contributed by atoms with Gasteiger partial charge in [0.2, 0.25) is 0 Å². The summed E-state index contributed by atoms with van der Waals surface area (Å²) in [7, 11) is 0. The number of nitrogens with two attached hydrogens (primary N) is 1. The van der Waals surface area contributed by atoms with Gasteiger partial charge in [-0.3, -0.25) is 5.84 Å². The molecule has 2 aromatic rings. The number of halogens is 4. The van der Waals surface area contributed by atoms with Crippen molar-refractivity contribution < 1.29 is 17.9 Å². The Balaban J connectivity index is 2.39. The zero-order chi connectivity index (χ0) is 14.8. The van der Waals surface area contributed by atoms with Gasteiger partial charge in [-0.1, -0.05) is 29.8 Å². The molecule has 0 radical (unpaired) electrons. The van der Waals surface area contributed by atoms with Crippen molar-refractivity contribution in [1.29, 1.82) is 0 Å². The molecule has 0 fully saturated rings. The molecule has 0 amide bonds. The third-order valence-electron chi connectivity index (χ3n) is 2.50. The summed E-state index contributed by atoms with van der Waals surface area (Å²) in [6.45, 7) is 0. The van der Waals surface area contributed by atoms with Gasteiger partial charge < -0.3 is 4.74 Å². The molecule has 0 saturated carbocycles. The van der Waals surface area contributed by atoms with Crippen LogP contribution in [0.1, 0.15) is 16.5 Å². The second-order valence-electron chi connectivity index (χ2n) is 3.83. The van der Waals surface area contributed by atoms with Gasteiger partial charge in [0.25, 0.3) is 0 Å². The van der Waals surface area contributed by atoms with Crippen LogP contribution in [0.5, 0.6) is 5.75 Å². The van der Waals surface area contributed by atoms with Crippen molar-refractivity contribution in [3.63, 3.8) is 0 Å². The first-order valence-corrected chi connectivity index (χ1v) is 6.66. The minimum Gasteiger partial charge on any atom is -0.405 e. The molecule has 1 aromatic carbocycles. The minimum atomic E-state index is -4.76. The molecule has 0 saturated heterocycles. The number of ether oxygens (including phenoxy) is 1. The van der Waals surface area contributed by atoms with E-state index < -0.39 is 12.4 Å². The molecule has 1 heterocycles. The van der Waals surface area contributed by atoms with E-state index in [1.807, 2.05) is 0 Å². The monoisotopic (exact) mass is 322 g/mol. The van der Waals surface area contributed by atoms with Crippen LogP contribution in [-0.2, 0) is 0 Å². The van der Waals surface area contributed by atoms with Crippen molar-refractivity contribution in [2.24, 2.45) is 5.84 Å². The molecule has 0 bridgehead atoms. The molecule has 20 heavy (non-hydrogen) atoms. The predicted molar refractivity (Wildman–Crippen MR) is 71.6 cm³/mol. The van der Waals surface area contributed by atoms with E-state index in [4.69, 9.17) is 17.4 Å². The van der Waals surface area contributed by atoms with E-state index in [2.05, 4.69) is 10.2 Å². The number of hydrogen-bond donors (Lipinski definition) is 2. The number of rotatable bonds is 4. The van der Waals surface area contributed by atoms with Crippen molar-refractivity contribution in [2.45, 2.75) is 12.4 Å². The SMILES string of the molecule is NNC(c1ccc(Cl)s1)c1ccccc1OC(F)(F)F. The zero-order valence-electron chi connectivity index (χ0n) is 9.95. The van der Waals surface area contributed by atoms with Gasteiger partial charge in [0.05, 0.1) is 10.4 Å². The Morgan fingerprint density at radius 2 is 1.90 bits per heavy atom. The van der Waals surface area contributed by atoms with Crippen LogP contribution in [0.25, 0.3) is 0 Å². The average molecular weight is 323 g/mol. The third kappa shape index (κ3) is 3.63. The summed E-state index contributed by atoms with van der Waals surface area (Å²) in [6, 6.07) is 8.53. The van der Waals surface area contributed by atoms with Gasteiger partial charge in [-0.15, -0.1) is 24.5 Å². The summed E-state index contributed by atoms with van der Waals surface area (Å²) in [5, 5.41) is 0. The van der Waals surface area contributed by atoms with E-state index in [0.717, 1.165) is 0 Å². The lowest BCUT2D eigenvalue weighted by molar-refractivity contribution is -0.275. The van der Waals surface area contributed by atoms with Crippen molar-refractivity contribution in [3.05, 3.63) is 51.2 Å². The van der Waals surface area contributed by atoms with Crippen LogP contribution >= 0.6 is 22.9 Å². The standard InChI is InChI=1S/C12H10ClF3N2OS/c13-10-6-5-9(20-10)11(18-17)7-3-1-2-4-8(7)19-12(14,15)16/h1-6,11,18H,17H2. The van der Waals surface area contributed by atoms with Crippen molar-refractivity contribution in [1.82, 2.24) is 5.43 Å². The van der Waals surface area contributed by atoms with Crippen LogP contribution in [0.4, 0.5) is 13.2 Å². The zero-order valence-corrected chi connectivity index (χ0v) is 11.5. The van der Waals surface area contributed by atoms with Crippen LogP contribution in [0.3, 0.4) is 0 Å². The quantitative estimate of drug-likeness (QED) is 0.664.